The van der Waals surface area contributed by atoms with Gasteiger partial charge >= 0.3 is 6.09 Å². The van der Waals surface area contributed by atoms with Crippen LogP contribution in [0.4, 0.5) is 4.79 Å². The predicted molar refractivity (Wildman–Crippen MR) is 147 cm³/mol. The zero-order chi connectivity index (χ0) is 28.5. The zero-order valence-electron chi connectivity index (χ0n) is 23.9. The summed E-state index contributed by atoms with van der Waals surface area (Å²) < 4.78 is 5.40. The number of hydrogen-bond acceptors (Lipinski definition) is 5. The van der Waals surface area contributed by atoms with Gasteiger partial charge in [0.15, 0.2) is 0 Å². The summed E-state index contributed by atoms with van der Waals surface area (Å²) in [6.07, 6.45) is 4.47. The minimum atomic E-state index is -1.07. The maximum atomic E-state index is 14.2. The Balaban J connectivity index is 2.51. The molecule has 1 fully saturated rings. The third kappa shape index (κ3) is 9.03. The summed E-state index contributed by atoms with van der Waals surface area (Å²) in [4.78, 5) is 54.0. The molecule has 0 heterocycles. The lowest BCUT2D eigenvalue weighted by Gasteiger charge is -2.44. The molecule has 2 atom stereocenters. The molecule has 1 aromatic carbocycles. The number of ether oxygens (including phenoxy) is 1. The van der Waals surface area contributed by atoms with Crippen molar-refractivity contribution in [1.82, 2.24) is 15.5 Å². The Morgan fingerprint density at radius 3 is 2.24 bits per heavy atom. The van der Waals surface area contributed by atoms with Gasteiger partial charge in [0.1, 0.15) is 17.7 Å². The first kappa shape index (κ1) is 31.1. The fourth-order valence-electron chi connectivity index (χ4n) is 4.70. The van der Waals surface area contributed by atoms with Gasteiger partial charge in [-0.2, -0.15) is 0 Å². The van der Waals surface area contributed by atoms with E-state index in [2.05, 4.69) is 17.6 Å². The number of hydrogen-bond donors (Lipinski definition) is 3. The maximum absolute atomic E-state index is 14.2. The maximum Gasteiger partial charge on any atom is 0.408 e. The molecule has 0 aromatic heterocycles. The lowest BCUT2D eigenvalue weighted by Crippen LogP contribution is -2.57. The van der Waals surface area contributed by atoms with E-state index in [1.807, 2.05) is 32.0 Å². The van der Waals surface area contributed by atoms with Crippen molar-refractivity contribution in [1.29, 1.82) is 0 Å². The standard InChI is InChI=1S/C29H46N4O5/c1-7-8-9-18-31-26(35)25(24-19(2)12-10-13-20(24)3)33(21-14-11-15-21)27(36)22(16-17-23(30)34)32-28(37)38-29(4,5)6/h10,12-13,21-22,25H,7-9,11,14-18H2,1-6H3,(H2,30,34)(H,31,35)(H,32,37). The van der Waals surface area contributed by atoms with E-state index in [0.717, 1.165) is 55.2 Å². The van der Waals surface area contributed by atoms with Crippen LogP contribution in [0, 0.1) is 13.8 Å². The van der Waals surface area contributed by atoms with Crippen molar-refractivity contribution in [3.63, 3.8) is 0 Å². The number of nitrogens with one attached hydrogen (secondary N) is 2. The number of amides is 4. The first-order valence-electron chi connectivity index (χ1n) is 13.8. The molecule has 38 heavy (non-hydrogen) atoms. The number of benzene rings is 1. The van der Waals surface area contributed by atoms with Crippen molar-refractivity contribution in [2.75, 3.05) is 6.54 Å². The van der Waals surface area contributed by atoms with Crippen LogP contribution in [0.3, 0.4) is 0 Å². The summed E-state index contributed by atoms with van der Waals surface area (Å²) in [6, 6.07) is 3.70. The first-order chi connectivity index (χ1) is 17.9. The van der Waals surface area contributed by atoms with Crippen LogP contribution in [0.15, 0.2) is 18.2 Å². The molecule has 0 bridgehead atoms. The second-order valence-corrected chi connectivity index (χ2v) is 11.2. The normalized spacial score (nSPS) is 15.1. The number of unbranched alkanes of at least 4 members (excludes halogenated alkanes) is 2. The molecule has 212 valence electrons. The van der Waals surface area contributed by atoms with Crippen LogP contribution in [0.1, 0.15) is 102 Å². The number of carbonyl (C=O) groups excluding carboxylic acids is 4. The SMILES string of the molecule is CCCCCNC(=O)C(c1c(C)cccc1C)N(C(=O)C(CCC(N)=O)NC(=O)OC(C)(C)C)C1CCC1. The molecular formula is C29H46N4O5. The fourth-order valence-corrected chi connectivity index (χ4v) is 4.70. The number of nitrogens with two attached hydrogens (primary N) is 1. The number of alkyl carbamates (subject to hydrolysis) is 1. The molecule has 1 aliphatic rings. The quantitative estimate of drug-likeness (QED) is 0.329. The van der Waals surface area contributed by atoms with Crippen molar-refractivity contribution < 1.29 is 23.9 Å². The van der Waals surface area contributed by atoms with Crippen LogP contribution in [0.25, 0.3) is 0 Å². The fraction of sp³-hybridized carbons (Fsp3) is 0.655. The molecule has 2 rings (SSSR count). The molecule has 9 nitrogen and oxygen atoms in total. The Morgan fingerprint density at radius 2 is 1.74 bits per heavy atom. The van der Waals surface area contributed by atoms with Crippen molar-refractivity contribution in [2.45, 2.75) is 117 Å². The average Bonchev–Trinajstić information content (AvgIpc) is 2.77. The first-order valence-corrected chi connectivity index (χ1v) is 13.8. The number of carbonyl (C=O) groups is 4. The van der Waals surface area contributed by atoms with Crippen LogP contribution in [0.2, 0.25) is 0 Å². The Kier molecular flexibility index (Phi) is 11.6. The third-order valence-electron chi connectivity index (χ3n) is 6.81. The largest absolute Gasteiger partial charge is 0.444 e. The summed E-state index contributed by atoms with van der Waals surface area (Å²) in [5.74, 6) is -1.24. The summed E-state index contributed by atoms with van der Waals surface area (Å²) >= 11 is 0. The molecule has 1 aromatic rings. The summed E-state index contributed by atoms with van der Waals surface area (Å²) in [7, 11) is 0. The number of aryl methyl sites for hydroxylation is 2. The van der Waals surface area contributed by atoms with Crippen molar-refractivity contribution in [3.05, 3.63) is 34.9 Å². The molecule has 0 aliphatic heterocycles. The highest BCUT2D eigenvalue weighted by Crippen LogP contribution is 2.36. The van der Waals surface area contributed by atoms with Crippen molar-refractivity contribution in [2.24, 2.45) is 5.73 Å². The van der Waals surface area contributed by atoms with Crippen LogP contribution < -0.4 is 16.4 Å². The van der Waals surface area contributed by atoms with Crippen LogP contribution in [0.5, 0.6) is 0 Å². The molecule has 0 radical (unpaired) electrons. The minimum absolute atomic E-state index is 0.00816. The predicted octanol–water partition coefficient (Wildman–Crippen LogP) is 4.19. The molecule has 1 aliphatic carbocycles. The number of rotatable bonds is 13. The van der Waals surface area contributed by atoms with Crippen molar-refractivity contribution >= 4 is 23.8 Å². The van der Waals surface area contributed by atoms with Gasteiger partial charge in [-0.15, -0.1) is 0 Å². The Hall–Kier alpha value is -3.10. The molecule has 4 amide bonds. The molecule has 2 unspecified atom stereocenters. The third-order valence-corrected chi connectivity index (χ3v) is 6.81. The van der Waals surface area contributed by atoms with E-state index in [-0.39, 0.29) is 24.8 Å². The molecular weight excluding hydrogens is 484 g/mol. The van der Waals surface area contributed by atoms with Gasteiger partial charge in [0.2, 0.25) is 17.7 Å². The van der Waals surface area contributed by atoms with Crippen molar-refractivity contribution in [3.8, 4) is 0 Å². The topological polar surface area (TPSA) is 131 Å². The van der Waals surface area contributed by atoms with Gasteiger partial charge in [-0.05, 0) is 83.4 Å². The highest BCUT2D eigenvalue weighted by atomic mass is 16.6. The highest BCUT2D eigenvalue weighted by Gasteiger charge is 2.42. The van der Waals surface area contributed by atoms with Gasteiger partial charge in [0, 0.05) is 19.0 Å². The van der Waals surface area contributed by atoms with E-state index in [9.17, 15) is 19.2 Å². The molecule has 1 saturated carbocycles. The van der Waals surface area contributed by atoms with E-state index in [4.69, 9.17) is 10.5 Å². The molecule has 9 heteroatoms. The number of primary amides is 1. The lowest BCUT2D eigenvalue weighted by atomic mass is 9.86. The van der Waals surface area contributed by atoms with Gasteiger partial charge in [-0.25, -0.2) is 4.79 Å². The Morgan fingerprint density at radius 1 is 1.11 bits per heavy atom. The van der Waals surface area contributed by atoms with Gasteiger partial charge in [0.05, 0.1) is 0 Å². The highest BCUT2D eigenvalue weighted by molar-refractivity contribution is 5.93. The number of nitrogens with zero attached hydrogens (tertiary/aromatic N) is 1. The summed E-state index contributed by atoms with van der Waals surface area (Å²) in [6.45, 7) is 11.7. The molecule has 0 saturated heterocycles. The van der Waals surface area contributed by atoms with Crippen LogP contribution >= 0.6 is 0 Å². The lowest BCUT2D eigenvalue weighted by molar-refractivity contribution is -0.147. The second-order valence-electron chi connectivity index (χ2n) is 11.2. The van der Waals surface area contributed by atoms with Crippen LogP contribution in [-0.2, 0) is 19.1 Å². The molecule has 4 N–H and O–H groups in total. The minimum Gasteiger partial charge on any atom is -0.444 e. The van der Waals surface area contributed by atoms with Crippen LogP contribution in [-0.4, -0.2) is 52.9 Å². The van der Waals surface area contributed by atoms with Gasteiger partial charge in [0.25, 0.3) is 0 Å². The van der Waals surface area contributed by atoms with E-state index in [1.165, 1.54) is 0 Å². The van der Waals surface area contributed by atoms with E-state index in [1.54, 1.807) is 25.7 Å². The summed E-state index contributed by atoms with van der Waals surface area (Å²) in [5.41, 5.74) is 7.22. The van der Waals surface area contributed by atoms with E-state index >= 15 is 0 Å². The van der Waals surface area contributed by atoms with Gasteiger partial charge in [-0.3, -0.25) is 14.4 Å². The summed E-state index contributed by atoms with van der Waals surface area (Å²) in [5, 5.41) is 5.71. The smallest absolute Gasteiger partial charge is 0.408 e. The van der Waals surface area contributed by atoms with Gasteiger partial charge < -0.3 is 26.0 Å². The monoisotopic (exact) mass is 530 g/mol. The van der Waals surface area contributed by atoms with E-state index in [0.29, 0.717) is 6.54 Å². The average molecular weight is 531 g/mol. The molecule has 0 spiro atoms. The van der Waals surface area contributed by atoms with Gasteiger partial charge in [-0.1, -0.05) is 38.0 Å². The van der Waals surface area contributed by atoms with E-state index < -0.39 is 35.6 Å². The second kappa shape index (κ2) is 14.2. The Bertz CT molecular complexity index is 963. The Labute approximate surface area is 227 Å². The zero-order valence-corrected chi connectivity index (χ0v) is 23.9.